The molecule has 33 heavy (non-hydrogen) atoms. The largest absolute Gasteiger partial charge is 0.377 e. The molecule has 0 spiro atoms. The van der Waals surface area contributed by atoms with Crippen molar-refractivity contribution in [3.8, 4) is 0 Å². The predicted octanol–water partition coefficient (Wildman–Crippen LogP) is 3.36. The van der Waals surface area contributed by atoms with Gasteiger partial charge in [0, 0.05) is 30.3 Å². The molecule has 2 saturated heterocycles. The number of halogens is 1. The lowest BCUT2D eigenvalue weighted by molar-refractivity contribution is 0.0937. The van der Waals surface area contributed by atoms with Crippen molar-refractivity contribution in [3.63, 3.8) is 0 Å². The lowest BCUT2D eigenvalue weighted by Gasteiger charge is -2.29. The molecule has 2 aromatic rings. The fraction of sp³-hybridized carbons (Fsp3) is 0.458. The van der Waals surface area contributed by atoms with Gasteiger partial charge in [-0.05, 0) is 74.7 Å². The summed E-state index contributed by atoms with van der Waals surface area (Å²) in [6.07, 6.45) is 3.99. The average molecular weight is 492 g/mol. The van der Waals surface area contributed by atoms with Crippen molar-refractivity contribution in [2.45, 2.75) is 42.7 Å². The van der Waals surface area contributed by atoms with E-state index in [1.54, 1.807) is 0 Å². The Bertz CT molecular complexity index is 1050. The molecule has 0 aromatic heterocycles. The van der Waals surface area contributed by atoms with Crippen LogP contribution in [0.15, 0.2) is 53.4 Å². The second-order valence-corrected chi connectivity index (χ2v) is 10.7. The van der Waals surface area contributed by atoms with E-state index in [1.165, 1.54) is 24.3 Å². The van der Waals surface area contributed by atoms with Gasteiger partial charge in [-0.1, -0.05) is 29.8 Å². The van der Waals surface area contributed by atoms with Crippen LogP contribution in [0.5, 0.6) is 0 Å². The molecular formula is C24H30ClN3O4S. The van der Waals surface area contributed by atoms with Crippen LogP contribution >= 0.6 is 11.6 Å². The number of hydrogen-bond acceptors (Lipinski definition) is 5. The standard InChI is InChI=1S/C24H30ClN3O4S/c25-22-8-2-1-7-21(22)23(28-13-3-4-14-28)17-26-24(29)18-9-11-20(12-10-18)33(30,31)27-16-19-6-5-15-32-19/h1-2,7-12,19,23,27H,3-6,13-17H2,(H,26,29). The first kappa shape index (κ1) is 24.2. The fourth-order valence-corrected chi connectivity index (χ4v) is 5.73. The van der Waals surface area contributed by atoms with E-state index in [0.717, 1.165) is 44.3 Å². The van der Waals surface area contributed by atoms with Gasteiger partial charge in [0.25, 0.3) is 5.91 Å². The van der Waals surface area contributed by atoms with E-state index < -0.39 is 10.0 Å². The molecule has 0 bridgehead atoms. The third-order valence-corrected chi connectivity index (χ3v) is 8.04. The highest BCUT2D eigenvalue weighted by Gasteiger charge is 2.26. The van der Waals surface area contributed by atoms with Crippen LogP contribution in [-0.4, -0.2) is 58.1 Å². The monoisotopic (exact) mass is 491 g/mol. The van der Waals surface area contributed by atoms with Gasteiger partial charge in [-0.3, -0.25) is 9.69 Å². The van der Waals surface area contributed by atoms with Crippen molar-refractivity contribution in [1.29, 1.82) is 0 Å². The van der Waals surface area contributed by atoms with Gasteiger partial charge in [-0.15, -0.1) is 0 Å². The van der Waals surface area contributed by atoms with Crippen LogP contribution in [0.2, 0.25) is 5.02 Å². The lowest BCUT2D eigenvalue weighted by atomic mass is 10.0. The van der Waals surface area contributed by atoms with Gasteiger partial charge in [-0.25, -0.2) is 13.1 Å². The summed E-state index contributed by atoms with van der Waals surface area (Å²) in [6, 6.07) is 13.7. The molecule has 1 amide bonds. The third-order valence-electron chi connectivity index (χ3n) is 6.25. The molecule has 2 unspecified atom stereocenters. The number of nitrogens with one attached hydrogen (secondary N) is 2. The molecule has 178 valence electrons. The maximum atomic E-state index is 12.8. The SMILES string of the molecule is O=C(NCC(c1ccccc1Cl)N1CCCC1)c1ccc(S(=O)(=O)NCC2CCCO2)cc1. The summed E-state index contributed by atoms with van der Waals surface area (Å²) in [4.78, 5) is 15.3. The Morgan fingerprint density at radius 1 is 1.09 bits per heavy atom. The Hall–Kier alpha value is -1.97. The highest BCUT2D eigenvalue weighted by Crippen LogP contribution is 2.29. The van der Waals surface area contributed by atoms with Gasteiger partial charge in [-0.2, -0.15) is 0 Å². The first-order valence-corrected chi connectivity index (χ1v) is 13.3. The summed E-state index contributed by atoms with van der Waals surface area (Å²) >= 11 is 6.45. The number of sulfonamides is 1. The summed E-state index contributed by atoms with van der Waals surface area (Å²) in [5, 5.41) is 3.69. The van der Waals surface area contributed by atoms with Crippen LogP contribution in [0.4, 0.5) is 0 Å². The second-order valence-electron chi connectivity index (χ2n) is 8.50. The summed E-state index contributed by atoms with van der Waals surface area (Å²) in [6.45, 7) is 3.29. The van der Waals surface area contributed by atoms with Gasteiger partial charge in [0.2, 0.25) is 10.0 Å². The van der Waals surface area contributed by atoms with Crippen LogP contribution in [-0.2, 0) is 14.8 Å². The van der Waals surface area contributed by atoms with E-state index in [9.17, 15) is 13.2 Å². The van der Waals surface area contributed by atoms with Crippen LogP contribution in [0.3, 0.4) is 0 Å². The summed E-state index contributed by atoms with van der Waals surface area (Å²) < 4.78 is 33.1. The van der Waals surface area contributed by atoms with Gasteiger partial charge in [0.15, 0.2) is 0 Å². The smallest absolute Gasteiger partial charge is 0.251 e. The number of likely N-dealkylation sites (tertiary alicyclic amines) is 1. The Labute approximate surface area is 200 Å². The first-order chi connectivity index (χ1) is 15.9. The summed E-state index contributed by atoms with van der Waals surface area (Å²) in [7, 11) is -3.65. The molecule has 0 radical (unpaired) electrons. The van der Waals surface area contributed by atoms with Crippen molar-refractivity contribution in [3.05, 3.63) is 64.7 Å². The van der Waals surface area contributed by atoms with Crippen molar-refractivity contribution in [2.75, 3.05) is 32.8 Å². The Morgan fingerprint density at radius 3 is 2.48 bits per heavy atom. The topological polar surface area (TPSA) is 87.7 Å². The molecule has 2 heterocycles. The van der Waals surface area contributed by atoms with Crippen molar-refractivity contribution >= 4 is 27.5 Å². The highest BCUT2D eigenvalue weighted by molar-refractivity contribution is 7.89. The Balaban J connectivity index is 1.38. The molecule has 2 aliphatic heterocycles. The molecule has 2 atom stereocenters. The molecule has 2 fully saturated rings. The quantitative estimate of drug-likeness (QED) is 0.561. The lowest BCUT2D eigenvalue weighted by Crippen LogP contribution is -2.37. The van der Waals surface area contributed by atoms with E-state index in [1.807, 2.05) is 24.3 Å². The third kappa shape index (κ3) is 6.13. The van der Waals surface area contributed by atoms with E-state index in [2.05, 4.69) is 14.9 Å². The number of benzene rings is 2. The van der Waals surface area contributed by atoms with Gasteiger partial charge in [0.1, 0.15) is 0 Å². The number of hydrogen-bond donors (Lipinski definition) is 2. The van der Waals surface area contributed by atoms with Gasteiger partial charge in [0.05, 0.1) is 17.0 Å². The number of nitrogens with zero attached hydrogens (tertiary/aromatic N) is 1. The predicted molar refractivity (Wildman–Crippen MR) is 128 cm³/mol. The molecule has 9 heteroatoms. The van der Waals surface area contributed by atoms with Crippen LogP contribution < -0.4 is 10.0 Å². The molecule has 2 N–H and O–H groups in total. The van der Waals surface area contributed by atoms with E-state index in [-0.39, 0.29) is 29.5 Å². The van der Waals surface area contributed by atoms with Crippen LogP contribution in [0, 0.1) is 0 Å². The maximum absolute atomic E-state index is 12.8. The van der Waals surface area contributed by atoms with Gasteiger partial charge < -0.3 is 10.1 Å². The molecule has 0 saturated carbocycles. The minimum atomic E-state index is -3.65. The first-order valence-electron chi connectivity index (χ1n) is 11.4. The Kier molecular flexibility index (Phi) is 8.03. The minimum Gasteiger partial charge on any atom is -0.377 e. The second kappa shape index (κ2) is 11.0. The fourth-order valence-electron chi connectivity index (χ4n) is 4.40. The molecule has 2 aliphatic rings. The zero-order valence-electron chi connectivity index (χ0n) is 18.5. The molecule has 4 rings (SSSR count). The number of rotatable bonds is 9. The molecule has 2 aromatic carbocycles. The van der Waals surface area contributed by atoms with Crippen molar-refractivity contribution < 1.29 is 17.9 Å². The number of carbonyl (C=O) groups excluding carboxylic acids is 1. The van der Waals surface area contributed by atoms with E-state index >= 15 is 0 Å². The number of ether oxygens (including phenoxy) is 1. The summed E-state index contributed by atoms with van der Waals surface area (Å²) in [5.41, 5.74) is 1.41. The maximum Gasteiger partial charge on any atom is 0.251 e. The minimum absolute atomic E-state index is 0.00759. The molecular weight excluding hydrogens is 462 g/mol. The van der Waals surface area contributed by atoms with Crippen molar-refractivity contribution in [1.82, 2.24) is 14.9 Å². The zero-order valence-corrected chi connectivity index (χ0v) is 20.1. The van der Waals surface area contributed by atoms with E-state index in [0.29, 0.717) is 23.7 Å². The number of amides is 1. The van der Waals surface area contributed by atoms with Crippen LogP contribution in [0.25, 0.3) is 0 Å². The average Bonchev–Trinajstić information content (AvgIpc) is 3.54. The van der Waals surface area contributed by atoms with Crippen molar-refractivity contribution in [2.24, 2.45) is 0 Å². The van der Waals surface area contributed by atoms with Crippen LogP contribution in [0.1, 0.15) is 47.6 Å². The molecule has 0 aliphatic carbocycles. The normalized spacial score (nSPS) is 20.1. The van der Waals surface area contributed by atoms with E-state index in [4.69, 9.17) is 16.3 Å². The molecule has 7 nitrogen and oxygen atoms in total. The zero-order chi connectivity index (χ0) is 23.3. The number of carbonyl (C=O) groups is 1. The van der Waals surface area contributed by atoms with Gasteiger partial charge >= 0.3 is 0 Å². The Morgan fingerprint density at radius 2 is 1.82 bits per heavy atom. The summed E-state index contributed by atoms with van der Waals surface area (Å²) in [5.74, 6) is -0.248. The highest BCUT2D eigenvalue weighted by atomic mass is 35.5.